The van der Waals surface area contributed by atoms with Crippen molar-refractivity contribution in [2.75, 3.05) is 13.2 Å². The highest BCUT2D eigenvalue weighted by Crippen LogP contribution is 2.77. The summed E-state index contributed by atoms with van der Waals surface area (Å²) in [5.41, 5.74) is 2.20. The molecule has 6 aromatic rings. The third-order valence-electron chi connectivity index (χ3n) is 11.8. The molecule has 1 N–H and O–H groups in total. The van der Waals surface area contributed by atoms with E-state index in [4.69, 9.17) is 9.15 Å². The second kappa shape index (κ2) is 12.5. The summed E-state index contributed by atoms with van der Waals surface area (Å²) >= 11 is 0. The second-order valence-electron chi connectivity index (χ2n) is 15.3. The van der Waals surface area contributed by atoms with Crippen molar-refractivity contribution in [3.05, 3.63) is 191 Å². The van der Waals surface area contributed by atoms with Crippen molar-refractivity contribution >= 4 is 10.8 Å². The quantitative estimate of drug-likeness (QED) is 0.177. The SMILES string of the molecule is CC1=C(OCCO)C(c2ccccc2)(c2ccccc2)C(c2ccccc2)(c2cccc3ccccc23)C(C)(C)C1(c1ccco1)C(C)(C)C. The third-order valence-corrected chi connectivity index (χ3v) is 11.8. The van der Waals surface area contributed by atoms with E-state index in [2.05, 4.69) is 181 Å². The molecule has 0 spiro atoms. The summed E-state index contributed by atoms with van der Waals surface area (Å²) in [5.74, 6) is 1.74. The normalized spacial score (nSPS) is 21.7. The molecule has 7 rings (SSSR count). The van der Waals surface area contributed by atoms with Crippen molar-refractivity contribution in [2.24, 2.45) is 10.8 Å². The highest BCUT2D eigenvalue weighted by molar-refractivity contribution is 5.89. The van der Waals surface area contributed by atoms with Crippen LogP contribution in [-0.2, 0) is 21.0 Å². The Hall–Kier alpha value is -4.86. The number of allylic oxidation sites excluding steroid dienone is 2. The highest BCUT2D eigenvalue weighted by atomic mass is 16.5. The van der Waals surface area contributed by atoms with E-state index < -0.39 is 21.7 Å². The van der Waals surface area contributed by atoms with Gasteiger partial charge in [-0.2, -0.15) is 0 Å². The van der Waals surface area contributed by atoms with Crippen molar-refractivity contribution < 1.29 is 14.3 Å². The molecule has 1 aliphatic rings. The Morgan fingerprint density at radius 2 is 1.18 bits per heavy atom. The lowest BCUT2D eigenvalue weighted by Gasteiger charge is -2.71. The molecular weight excluding hydrogens is 613 g/mol. The Morgan fingerprint density at radius 1 is 0.640 bits per heavy atom. The Kier molecular flexibility index (Phi) is 8.39. The van der Waals surface area contributed by atoms with Crippen LogP contribution in [0.15, 0.2) is 168 Å². The Bertz CT molecular complexity index is 2060. The van der Waals surface area contributed by atoms with Crippen LogP contribution < -0.4 is 0 Å². The van der Waals surface area contributed by atoms with Gasteiger partial charge in [0, 0.05) is 5.41 Å². The first kappa shape index (κ1) is 33.6. The van der Waals surface area contributed by atoms with Crippen LogP contribution in [-0.4, -0.2) is 18.3 Å². The van der Waals surface area contributed by atoms with Crippen LogP contribution in [0.25, 0.3) is 10.8 Å². The molecule has 0 saturated carbocycles. The Balaban J connectivity index is 1.90. The summed E-state index contributed by atoms with van der Waals surface area (Å²) in [6.45, 7) is 14.2. The molecule has 0 aliphatic heterocycles. The van der Waals surface area contributed by atoms with Crippen LogP contribution in [0.2, 0.25) is 0 Å². The van der Waals surface area contributed by atoms with Crippen LogP contribution in [0.5, 0.6) is 0 Å². The van der Waals surface area contributed by atoms with Gasteiger partial charge in [0.15, 0.2) is 0 Å². The molecule has 1 aliphatic carbocycles. The standard InChI is InChI=1S/C47H48O3/c1-34-42(50-33-31-48)45(36-22-10-7-11-23-36,37-24-12-8-13-25-37)47(38-26-14-9-15-27-38,40-29-18-21-35-20-16-17-28-39(35)40)44(5,6)46(34,43(2,3)4)41-30-19-32-49-41/h7-30,32,48H,31,33H2,1-6H3. The van der Waals surface area contributed by atoms with Gasteiger partial charge in [0.2, 0.25) is 0 Å². The fourth-order valence-corrected chi connectivity index (χ4v) is 10.8. The number of benzene rings is 5. The van der Waals surface area contributed by atoms with E-state index in [1.807, 2.05) is 6.07 Å². The zero-order valence-electron chi connectivity index (χ0n) is 30.1. The fourth-order valence-electron chi connectivity index (χ4n) is 10.8. The lowest BCUT2D eigenvalue weighted by atomic mass is 9.30. The van der Waals surface area contributed by atoms with E-state index in [1.54, 1.807) is 6.26 Å². The maximum atomic E-state index is 10.5. The zero-order valence-corrected chi connectivity index (χ0v) is 30.1. The second-order valence-corrected chi connectivity index (χ2v) is 15.3. The average molecular weight is 661 g/mol. The molecule has 254 valence electrons. The number of aliphatic hydroxyl groups is 1. The number of fused-ring (bicyclic) bond motifs is 1. The molecule has 0 fully saturated rings. The lowest BCUT2D eigenvalue weighted by Crippen LogP contribution is -2.72. The minimum atomic E-state index is -0.926. The summed E-state index contributed by atoms with van der Waals surface area (Å²) in [7, 11) is 0. The monoisotopic (exact) mass is 660 g/mol. The van der Waals surface area contributed by atoms with Crippen LogP contribution in [0, 0.1) is 10.8 Å². The minimum Gasteiger partial charge on any atom is -0.494 e. The fraction of sp³-hybridized carbons (Fsp3) is 0.277. The van der Waals surface area contributed by atoms with E-state index in [-0.39, 0.29) is 18.6 Å². The van der Waals surface area contributed by atoms with E-state index in [1.165, 1.54) is 21.9 Å². The number of furan rings is 1. The van der Waals surface area contributed by atoms with Crippen molar-refractivity contribution in [3.8, 4) is 0 Å². The lowest BCUT2D eigenvalue weighted by molar-refractivity contribution is -0.0589. The van der Waals surface area contributed by atoms with Gasteiger partial charge in [-0.3, -0.25) is 0 Å². The van der Waals surface area contributed by atoms with Gasteiger partial charge >= 0.3 is 0 Å². The van der Waals surface area contributed by atoms with Gasteiger partial charge < -0.3 is 14.3 Å². The number of aliphatic hydroxyl groups excluding tert-OH is 1. The van der Waals surface area contributed by atoms with Crippen molar-refractivity contribution in [1.29, 1.82) is 0 Å². The van der Waals surface area contributed by atoms with E-state index >= 15 is 0 Å². The summed E-state index contributed by atoms with van der Waals surface area (Å²) < 4.78 is 13.9. The topological polar surface area (TPSA) is 42.6 Å². The first-order chi connectivity index (χ1) is 24.1. The number of hydrogen-bond donors (Lipinski definition) is 1. The van der Waals surface area contributed by atoms with Crippen LogP contribution in [0.4, 0.5) is 0 Å². The van der Waals surface area contributed by atoms with Gasteiger partial charge in [-0.15, -0.1) is 0 Å². The predicted octanol–water partition coefficient (Wildman–Crippen LogP) is 11.0. The van der Waals surface area contributed by atoms with Gasteiger partial charge in [0.25, 0.3) is 0 Å². The summed E-state index contributed by atoms with van der Waals surface area (Å²) in [4.78, 5) is 0. The van der Waals surface area contributed by atoms with Crippen molar-refractivity contribution in [2.45, 2.75) is 57.8 Å². The van der Waals surface area contributed by atoms with E-state index in [9.17, 15) is 5.11 Å². The van der Waals surface area contributed by atoms with Crippen LogP contribution >= 0.6 is 0 Å². The maximum absolute atomic E-state index is 10.5. The molecule has 2 unspecified atom stereocenters. The molecule has 1 heterocycles. The third kappa shape index (κ3) is 4.32. The first-order valence-corrected chi connectivity index (χ1v) is 17.8. The van der Waals surface area contributed by atoms with Crippen molar-refractivity contribution in [1.82, 2.24) is 0 Å². The molecule has 50 heavy (non-hydrogen) atoms. The summed E-state index contributed by atoms with van der Waals surface area (Å²) in [6, 6.07) is 52.6. The number of hydrogen-bond acceptors (Lipinski definition) is 3. The largest absolute Gasteiger partial charge is 0.494 e. The van der Waals surface area contributed by atoms with Crippen LogP contribution in [0.3, 0.4) is 0 Å². The van der Waals surface area contributed by atoms with Gasteiger partial charge in [-0.25, -0.2) is 0 Å². The summed E-state index contributed by atoms with van der Waals surface area (Å²) in [5, 5.41) is 12.9. The van der Waals surface area contributed by atoms with Gasteiger partial charge in [0.05, 0.1) is 23.7 Å². The number of rotatable bonds is 8. The Morgan fingerprint density at radius 3 is 1.72 bits per heavy atom. The molecule has 5 aromatic carbocycles. The molecule has 0 amide bonds. The molecule has 3 heteroatoms. The smallest absolute Gasteiger partial charge is 0.115 e. The summed E-state index contributed by atoms with van der Waals surface area (Å²) in [6.07, 6.45) is 1.80. The Labute approximate surface area is 297 Å². The minimum absolute atomic E-state index is 0.115. The first-order valence-electron chi connectivity index (χ1n) is 17.8. The molecule has 0 radical (unpaired) electrons. The molecular formula is C47H48O3. The van der Waals surface area contributed by atoms with Gasteiger partial charge in [-0.1, -0.05) is 168 Å². The average Bonchev–Trinajstić information content (AvgIpc) is 3.66. The molecule has 0 bridgehead atoms. The zero-order chi connectivity index (χ0) is 35.2. The number of ether oxygens (including phenoxy) is 1. The molecule has 1 aromatic heterocycles. The van der Waals surface area contributed by atoms with Crippen molar-refractivity contribution in [3.63, 3.8) is 0 Å². The highest BCUT2D eigenvalue weighted by Gasteiger charge is 2.77. The van der Waals surface area contributed by atoms with Crippen LogP contribution in [0.1, 0.15) is 69.6 Å². The molecule has 0 saturated heterocycles. The predicted molar refractivity (Wildman–Crippen MR) is 204 cm³/mol. The van der Waals surface area contributed by atoms with Gasteiger partial charge in [-0.05, 0) is 68.5 Å². The maximum Gasteiger partial charge on any atom is 0.115 e. The molecule has 2 atom stereocenters. The van der Waals surface area contributed by atoms with Gasteiger partial charge in [0.1, 0.15) is 18.1 Å². The van der Waals surface area contributed by atoms with E-state index in [0.717, 1.165) is 28.2 Å². The molecule has 3 nitrogen and oxygen atoms in total. The van der Waals surface area contributed by atoms with E-state index in [0.29, 0.717) is 0 Å².